The summed E-state index contributed by atoms with van der Waals surface area (Å²) in [5, 5.41) is 3.09. The standard InChI is InChI=1S/C25H26ClN3O6S2/c1-19-17-20(26)7-12-24(19)29(37(33,34)22-5-3-2-4-6-22)18-25(30)27-21-8-10-23(11-9-21)36(31,32)28-13-15-35-16-14-28/h2-12,17H,13-16,18H2,1H3,(H,27,30). The number of hydrogen-bond donors (Lipinski definition) is 1. The second-order valence-electron chi connectivity index (χ2n) is 8.34. The van der Waals surface area contributed by atoms with Crippen LogP contribution in [0.1, 0.15) is 5.56 Å². The van der Waals surface area contributed by atoms with E-state index in [9.17, 15) is 21.6 Å². The van der Waals surface area contributed by atoms with E-state index in [1.54, 1.807) is 43.3 Å². The third-order valence-electron chi connectivity index (χ3n) is 5.79. The molecule has 1 N–H and O–H groups in total. The number of morpholine rings is 1. The van der Waals surface area contributed by atoms with Crippen LogP contribution in [0.3, 0.4) is 0 Å². The summed E-state index contributed by atoms with van der Waals surface area (Å²) in [6, 6.07) is 18.3. The van der Waals surface area contributed by atoms with Gasteiger partial charge in [-0.2, -0.15) is 4.31 Å². The molecule has 3 aromatic rings. The molecule has 4 rings (SSSR count). The highest BCUT2D eigenvalue weighted by atomic mass is 35.5. The number of ether oxygens (including phenoxy) is 1. The third-order valence-corrected chi connectivity index (χ3v) is 9.71. The molecule has 0 spiro atoms. The largest absolute Gasteiger partial charge is 0.379 e. The van der Waals surface area contributed by atoms with Crippen LogP contribution < -0.4 is 9.62 Å². The van der Waals surface area contributed by atoms with Gasteiger partial charge in [0.2, 0.25) is 15.9 Å². The predicted octanol–water partition coefficient (Wildman–Crippen LogP) is 3.50. The molecule has 1 aliphatic heterocycles. The van der Waals surface area contributed by atoms with Crippen LogP contribution in [-0.4, -0.2) is 59.9 Å². The smallest absolute Gasteiger partial charge is 0.264 e. The summed E-state index contributed by atoms with van der Waals surface area (Å²) in [5.74, 6) is -0.599. The van der Waals surface area contributed by atoms with Gasteiger partial charge in [-0.25, -0.2) is 16.8 Å². The van der Waals surface area contributed by atoms with Gasteiger partial charge in [-0.1, -0.05) is 29.8 Å². The third kappa shape index (κ3) is 6.13. The zero-order valence-electron chi connectivity index (χ0n) is 20.0. The Morgan fingerprint density at radius 3 is 2.22 bits per heavy atom. The molecule has 0 aliphatic carbocycles. The fourth-order valence-corrected chi connectivity index (χ4v) is 7.04. The molecule has 1 aliphatic rings. The Balaban J connectivity index is 1.56. The van der Waals surface area contributed by atoms with Crippen LogP contribution in [0.25, 0.3) is 0 Å². The average Bonchev–Trinajstić information content (AvgIpc) is 2.89. The van der Waals surface area contributed by atoms with Crippen molar-refractivity contribution in [2.75, 3.05) is 42.5 Å². The molecule has 1 fully saturated rings. The molecule has 0 unspecified atom stereocenters. The van der Waals surface area contributed by atoms with E-state index in [2.05, 4.69) is 5.32 Å². The maximum Gasteiger partial charge on any atom is 0.264 e. The van der Waals surface area contributed by atoms with Gasteiger partial charge in [0.15, 0.2) is 0 Å². The quantitative estimate of drug-likeness (QED) is 0.449. The number of carbonyl (C=O) groups is 1. The first-order valence-electron chi connectivity index (χ1n) is 11.4. The fourth-order valence-electron chi connectivity index (χ4n) is 3.90. The number of hydrogen-bond acceptors (Lipinski definition) is 6. The summed E-state index contributed by atoms with van der Waals surface area (Å²) < 4.78 is 60.2. The topological polar surface area (TPSA) is 113 Å². The first kappa shape index (κ1) is 27.1. The van der Waals surface area contributed by atoms with Crippen LogP contribution in [-0.2, 0) is 29.6 Å². The Hall–Kier alpha value is -2.96. The summed E-state index contributed by atoms with van der Waals surface area (Å²) in [6.45, 7) is 2.42. The minimum Gasteiger partial charge on any atom is -0.379 e. The highest BCUT2D eigenvalue weighted by molar-refractivity contribution is 7.92. The number of amides is 1. The molecule has 0 saturated carbocycles. The monoisotopic (exact) mass is 563 g/mol. The van der Waals surface area contributed by atoms with Crippen molar-refractivity contribution in [3.8, 4) is 0 Å². The van der Waals surface area contributed by atoms with Crippen molar-refractivity contribution in [3.05, 3.63) is 83.4 Å². The molecule has 12 heteroatoms. The molecule has 1 saturated heterocycles. The van der Waals surface area contributed by atoms with E-state index in [0.29, 0.717) is 35.2 Å². The van der Waals surface area contributed by atoms with E-state index in [1.807, 2.05) is 0 Å². The van der Waals surface area contributed by atoms with Crippen LogP contribution in [0, 0.1) is 6.92 Å². The Labute approximate surface area is 221 Å². The SMILES string of the molecule is Cc1cc(Cl)ccc1N(CC(=O)Nc1ccc(S(=O)(=O)N2CCOCC2)cc1)S(=O)(=O)c1ccccc1. The molecular formula is C25H26ClN3O6S2. The second-order valence-corrected chi connectivity index (χ2v) is 12.6. The number of aryl methyl sites for hydroxylation is 1. The second kappa shape index (κ2) is 11.2. The zero-order chi connectivity index (χ0) is 26.6. The molecule has 0 radical (unpaired) electrons. The van der Waals surface area contributed by atoms with E-state index in [1.165, 1.54) is 40.7 Å². The van der Waals surface area contributed by atoms with Gasteiger partial charge in [0.25, 0.3) is 10.0 Å². The van der Waals surface area contributed by atoms with E-state index in [4.69, 9.17) is 16.3 Å². The Bertz CT molecular complexity index is 1470. The molecule has 1 amide bonds. The van der Waals surface area contributed by atoms with Gasteiger partial charge >= 0.3 is 0 Å². The Kier molecular flexibility index (Phi) is 8.20. The number of nitrogens with zero attached hydrogens (tertiary/aromatic N) is 2. The lowest BCUT2D eigenvalue weighted by atomic mass is 10.2. The summed E-state index contributed by atoms with van der Waals surface area (Å²) in [5.41, 5.74) is 1.23. The van der Waals surface area contributed by atoms with Gasteiger partial charge in [-0.3, -0.25) is 9.10 Å². The molecule has 3 aromatic carbocycles. The van der Waals surface area contributed by atoms with Crippen LogP contribution in [0.2, 0.25) is 5.02 Å². The van der Waals surface area contributed by atoms with Gasteiger partial charge in [-0.15, -0.1) is 0 Å². The van der Waals surface area contributed by atoms with Gasteiger partial charge in [0.1, 0.15) is 6.54 Å². The van der Waals surface area contributed by atoms with Crippen LogP contribution in [0.5, 0.6) is 0 Å². The van der Waals surface area contributed by atoms with E-state index in [0.717, 1.165) is 4.31 Å². The average molecular weight is 564 g/mol. The summed E-state index contributed by atoms with van der Waals surface area (Å²) in [7, 11) is -7.76. The summed E-state index contributed by atoms with van der Waals surface area (Å²) in [4.78, 5) is 13.1. The van der Waals surface area contributed by atoms with Gasteiger partial charge in [-0.05, 0) is 67.1 Å². The zero-order valence-corrected chi connectivity index (χ0v) is 22.4. The Morgan fingerprint density at radius 1 is 0.946 bits per heavy atom. The molecule has 0 aromatic heterocycles. The first-order valence-corrected chi connectivity index (χ1v) is 14.7. The summed E-state index contributed by atoms with van der Waals surface area (Å²) in [6.07, 6.45) is 0. The van der Waals surface area contributed by atoms with Crippen LogP contribution in [0.4, 0.5) is 11.4 Å². The number of anilines is 2. The number of benzene rings is 3. The van der Waals surface area contributed by atoms with E-state index >= 15 is 0 Å². The predicted molar refractivity (Wildman–Crippen MR) is 142 cm³/mol. The minimum atomic E-state index is -4.08. The maximum absolute atomic E-state index is 13.5. The first-order chi connectivity index (χ1) is 17.6. The van der Waals surface area contributed by atoms with Crippen molar-refractivity contribution < 1.29 is 26.4 Å². The molecule has 0 bridgehead atoms. The normalized spacial score (nSPS) is 14.8. The van der Waals surface area contributed by atoms with Crippen molar-refractivity contribution in [2.24, 2.45) is 0 Å². The summed E-state index contributed by atoms with van der Waals surface area (Å²) >= 11 is 6.06. The van der Waals surface area contributed by atoms with Crippen molar-refractivity contribution in [3.63, 3.8) is 0 Å². The highest BCUT2D eigenvalue weighted by Gasteiger charge is 2.29. The van der Waals surface area contributed by atoms with Crippen molar-refractivity contribution >= 4 is 48.9 Å². The van der Waals surface area contributed by atoms with Crippen molar-refractivity contribution in [1.82, 2.24) is 4.31 Å². The van der Waals surface area contributed by atoms with Crippen LogP contribution in [0.15, 0.2) is 82.6 Å². The van der Waals surface area contributed by atoms with Gasteiger partial charge < -0.3 is 10.1 Å². The Morgan fingerprint density at radius 2 is 1.59 bits per heavy atom. The maximum atomic E-state index is 13.5. The number of sulfonamides is 2. The van der Waals surface area contributed by atoms with Crippen molar-refractivity contribution in [2.45, 2.75) is 16.7 Å². The molecule has 37 heavy (non-hydrogen) atoms. The molecule has 9 nitrogen and oxygen atoms in total. The van der Waals surface area contributed by atoms with Gasteiger partial charge in [0.05, 0.1) is 28.7 Å². The lowest BCUT2D eigenvalue weighted by Crippen LogP contribution is -2.40. The molecular weight excluding hydrogens is 538 g/mol. The van der Waals surface area contributed by atoms with Crippen molar-refractivity contribution in [1.29, 1.82) is 0 Å². The number of nitrogens with one attached hydrogen (secondary N) is 1. The molecule has 0 atom stereocenters. The number of rotatable bonds is 8. The van der Waals surface area contributed by atoms with Crippen LogP contribution >= 0.6 is 11.6 Å². The molecule has 1 heterocycles. The lowest BCUT2D eigenvalue weighted by molar-refractivity contribution is -0.114. The molecule has 196 valence electrons. The minimum absolute atomic E-state index is 0.0369. The highest BCUT2D eigenvalue weighted by Crippen LogP contribution is 2.29. The van der Waals surface area contributed by atoms with E-state index in [-0.39, 0.29) is 22.9 Å². The lowest BCUT2D eigenvalue weighted by Gasteiger charge is -2.26. The van der Waals surface area contributed by atoms with Gasteiger partial charge in [0, 0.05) is 23.8 Å². The fraction of sp³-hybridized carbons (Fsp3) is 0.240. The number of halogens is 1. The van der Waals surface area contributed by atoms with E-state index < -0.39 is 32.5 Å². The number of carbonyl (C=O) groups excluding carboxylic acids is 1.